The molecule has 0 saturated carbocycles. The SMILES string of the molecule is CC(=O)N1CC(C)CN(C(=O)c2oc(C)nc2C)c2ccccc21. The van der Waals surface area contributed by atoms with Crippen molar-refractivity contribution in [2.75, 3.05) is 22.9 Å². The van der Waals surface area contributed by atoms with Gasteiger partial charge in [-0.3, -0.25) is 9.59 Å². The second-order valence-corrected chi connectivity index (χ2v) is 6.29. The molecule has 1 aliphatic rings. The van der Waals surface area contributed by atoms with Crippen LogP contribution < -0.4 is 9.80 Å². The number of nitrogens with zero attached hydrogens (tertiary/aromatic N) is 3. The molecule has 1 aromatic heterocycles. The lowest BCUT2D eigenvalue weighted by Gasteiger charge is -2.24. The molecule has 3 rings (SSSR count). The van der Waals surface area contributed by atoms with E-state index in [9.17, 15) is 9.59 Å². The van der Waals surface area contributed by atoms with Crippen LogP contribution in [-0.2, 0) is 4.79 Å². The second kappa shape index (κ2) is 6.11. The number of fused-ring (bicyclic) bond motifs is 1. The van der Waals surface area contributed by atoms with Crippen molar-refractivity contribution in [2.24, 2.45) is 5.92 Å². The first-order valence-corrected chi connectivity index (χ1v) is 8.01. The number of carbonyl (C=O) groups is 2. The molecule has 24 heavy (non-hydrogen) atoms. The molecule has 6 heteroatoms. The Bertz CT molecular complexity index is 797. The number of anilines is 2. The van der Waals surface area contributed by atoms with Gasteiger partial charge in [-0.15, -0.1) is 0 Å². The standard InChI is InChI=1S/C18H21N3O3/c1-11-9-20(14(4)22)15-7-5-6-8-16(15)21(10-11)18(23)17-12(2)19-13(3)24-17/h5-8,11H,9-10H2,1-4H3. The summed E-state index contributed by atoms with van der Waals surface area (Å²) in [6.07, 6.45) is 0. The monoisotopic (exact) mass is 327 g/mol. The Labute approximate surface area is 141 Å². The minimum Gasteiger partial charge on any atom is -0.436 e. The van der Waals surface area contributed by atoms with Crippen LogP contribution in [0.25, 0.3) is 0 Å². The Morgan fingerprint density at radius 3 is 2.25 bits per heavy atom. The Morgan fingerprint density at radius 2 is 1.71 bits per heavy atom. The van der Waals surface area contributed by atoms with Crippen LogP contribution in [0.2, 0.25) is 0 Å². The van der Waals surface area contributed by atoms with Gasteiger partial charge in [0.15, 0.2) is 5.89 Å². The molecule has 126 valence electrons. The first-order chi connectivity index (χ1) is 11.4. The summed E-state index contributed by atoms with van der Waals surface area (Å²) in [5.74, 6) is 0.603. The summed E-state index contributed by atoms with van der Waals surface area (Å²) in [6.45, 7) is 8.15. The van der Waals surface area contributed by atoms with E-state index in [-0.39, 0.29) is 23.5 Å². The van der Waals surface area contributed by atoms with E-state index in [1.165, 1.54) is 0 Å². The normalized spacial score (nSPS) is 17.4. The molecule has 0 spiro atoms. The molecule has 6 nitrogen and oxygen atoms in total. The molecule has 1 atom stereocenters. The highest BCUT2D eigenvalue weighted by atomic mass is 16.4. The van der Waals surface area contributed by atoms with Crippen molar-refractivity contribution < 1.29 is 14.0 Å². The second-order valence-electron chi connectivity index (χ2n) is 6.29. The topological polar surface area (TPSA) is 66.7 Å². The number of carbonyl (C=O) groups excluding carboxylic acids is 2. The Morgan fingerprint density at radius 1 is 1.12 bits per heavy atom. The fourth-order valence-electron chi connectivity index (χ4n) is 3.14. The summed E-state index contributed by atoms with van der Waals surface area (Å²) in [4.78, 5) is 32.7. The van der Waals surface area contributed by atoms with Crippen LogP contribution in [0, 0.1) is 19.8 Å². The first kappa shape index (κ1) is 16.2. The molecule has 0 radical (unpaired) electrons. The number of para-hydroxylation sites is 2. The van der Waals surface area contributed by atoms with Gasteiger partial charge in [0.2, 0.25) is 11.7 Å². The van der Waals surface area contributed by atoms with E-state index in [2.05, 4.69) is 4.98 Å². The third-order valence-electron chi connectivity index (χ3n) is 4.17. The average Bonchev–Trinajstić information content (AvgIpc) is 2.79. The van der Waals surface area contributed by atoms with Crippen LogP contribution in [0.4, 0.5) is 11.4 Å². The highest BCUT2D eigenvalue weighted by Crippen LogP contribution is 2.34. The molecule has 0 fully saturated rings. The predicted octanol–water partition coefficient (Wildman–Crippen LogP) is 2.94. The van der Waals surface area contributed by atoms with Crippen molar-refractivity contribution in [1.29, 1.82) is 0 Å². The van der Waals surface area contributed by atoms with Gasteiger partial charge in [-0.1, -0.05) is 19.1 Å². The molecular formula is C18H21N3O3. The van der Waals surface area contributed by atoms with Crippen molar-refractivity contribution in [3.8, 4) is 0 Å². The van der Waals surface area contributed by atoms with Gasteiger partial charge in [-0.25, -0.2) is 4.98 Å². The number of aromatic nitrogens is 1. The minimum atomic E-state index is -0.224. The fraction of sp³-hybridized carbons (Fsp3) is 0.389. The number of hydrogen-bond donors (Lipinski definition) is 0. The minimum absolute atomic E-state index is 0.0321. The summed E-state index contributed by atoms with van der Waals surface area (Å²) >= 11 is 0. The smallest absolute Gasteiger partial charge is 0.296 e. The Kier molecular flexibility index (Phi) is 4.13. The van der Waals surface area contributed by atoms with Crippen LogP contribution in [0.5, 0.6) is 0 Å². The largest absolute Gasteiger partial charge is 0.436 e. The lowest BCUT2D eigenvalue weighted by molar-refractivity contribution is -0.116. The van der Waals surface area contributed by atoms with Crippen molar-refractivity contribution in [1.82, 2.24) is 4.98 Å². The molecule has 2 heterocycles. The van der Waals surface area contributed by atoms with Crippen LogP contribution >= 0.6 is 0 Å². The Balaban J connectivity index is 2.09. The van der Waals surface area contributed by atoms with Crippen molar-refractivity contribution in [3.63, 3.8) is 0 Å². The fourth-order valence-corrected chi connectivity index (χ4v) is 3.14. The lowest BCUT2D eigenvalue weighted by Crippen LogP contribution is -2.36. The van der Waals surface area contributed by atoms with Gasteiger partial charge in [-0.2, -0.15) is 0 Å². The molecule has 0 saturated heterocycles. The third kappa shape index (κ3) is 2.79. The zero-order chi connectivity index (χ0) is 17.4. The summed E-state index contributed by atoms with van der Waals surface area (Å²) in [6, 6.07) is 7.47. The molecule has 0 bridgehead atoms. The molecular weight excluding hydrogens is 306 g/mol. The number of rotatable bonds is 1. The van der Waals surface area contributed by atoms with Crippen LogP contribution in [0.15, 0.2) is 28.7 Å². The maximum absolute atomic E-state index is 13.1. The highest BCUT2D eigenvalue weighted by molar-refractivity contribution is 6.08. The van der Waals surface area contributed by atoms with E-state index < -0.39 is 0 Å². The van der Waals surface area contributed by atoms with Crippen LogP contribution in [0.3, 0.4) is 0 Å². The van der Waals surface area contributed by atoms with E-state index in [1.807, 2.05) is 31.2 Å². The van der Waals surface area contributed by atoms with E-state index in [4.69, 9.17) is 4.42 Å². The first-order valence-electron chi connectivity index (χ1n) is 8.01. The average molecular weight is 327 g/mol. The maximum Gasteiger partial charge on any atom is 0.296 e. The van der Waals surface area contributed by atoms with Crippen LogP contribution in [-0.4, -0.2) is 29.9 Å². The molecule has 2 amide bonds. The van der Waals surface area contributed by atoms with Gasteiger partial charge in [0.05, 0.1) is 17.1 Å². The van der Waals surface area contributed by atoms with Gasteiger partial charge in [0, 0.05) is 26.9 Å². The van der Waals surface area contributed by atoms with Gasteiger partial charge < -0.3 is 14.2 Å². The number of aryl methyl sites for hydroxylation is 2. The molecule has 0 aliphatic carbocycles. The molecule has 1 aliphatic heterocycles. The highest BCUT2D eigenvalue weighted by Gasteiger charge is 2.32. The number of hydrogen-bond acceptors (Lipinski definition) is 4. The number of benzene rings is 1. The van der Waals surface area contributed by atoms with Gasteiger partial charge in [-0.05, 0) is 25.0 Å². The van der Waals surface area contributed by atoms with Gasteiger partial charge in [0.25, 0.3) is 5.91 Å². The molecule has 1 unspecified atom stereocenters. The predicted molar refractivity (Wildman–Crippen MR) is 91.3 cm³/mol. The number of amides is 2. The summed E-state index contributed by atoms with van der Waals surface area (Å²) in [7, 11) is 0. The van der Waals surface area contributed by atoms with E-state index >= 15 is 0 Å². The maximum atomic E-state index is 13.1. The molecule has 0 N–H and O–H groups in total. The van der Waals surface area contributed by atoms with E-state index in [1.54, 1.807) is 30.6 Å². The molecule has 1 aromatic carbocycles. The van der Waals surface area contributed by atoms with E-state index in [0.717, 1.165) is 11.4 Å². The van der Waals surface area contributed by atoms with Crippen molar-refractivity contribution >= 4 is 23.2 Å². The summed E-state index contributed by atoms with van der Waals surface area (Å²) in [5, 5.41) is 0. The van der Waals surface area contributed by atoms with Crippen molar-refractivity contribution in [2.45, 2.75) is 27.7 Å². The third-order valence-corrected chi connectivity index (χ3v) is 4.17. The molecule has 2 aromatic rings. The zero-order valence-electron chi connectivity index (χ0n) is 14.4. The van der Waals surface area contributed by atoms with Crippen LogP contribution in [0.1, 0.15) is 36.0 Å². The van der Waals surface area contributed by atoms with E-state index in [0.29, 0.717) is 24.7 Å². The summed E-state index contributed by atoms with van der Waals surface area (Å²) in [5.41, 5.74) is 2.04. The lowest BCUT2D eigenvalue weighted by atomic mass is 10.1. The zero-order valence-corrected chi connectivity index (χ0v) is 14.4. The quantitative estimate of drug-likeness (QED) is 0.807. The summed E-state index contributed by atoms with van der Waals surface area (Å²) < 4.78 is 5.51. The van der Waals surface area contributed by atoms with Crippen molar-refractivity contribution in [3.05, 3.63) is 41.6 Å². The van der Waals surface area contributed by atoms with Gasteiger partial charge in [0.1, 0.15) is 0 Å². The van der Waals surface area contributed by atoms with Gasteiger partial charge >= 0.3 is 0 Å². The Hall–Kier alpha value is -2.63. The number of oxazole rings is 1.